The maximum Gasteiger partial charge on any atom is 0.323 e. The van der Waals surface area contributed by atoms with E-state index in [9.17, 15) is 13.6 Å². The second-order valence-electron chi connectivity index (χ2n) is 4.11. The van der Waals surface area contributed by atoms with Crippen LogP contribution in [-0.4, -0.2) is 6.03 Å². The number of hydrogen-bond donors (Lipinski definition) is 2. The van der Waals surface area contributed by atoms with Gasteiger partial charge in [0, 0.05) is 17.3 Å². The highest BCUT2D eigenvalue weighted by Gasteiger charge is 2.06. The fraction of sp³-hybridized carbons (Fsp3) is 0. The second kappa shape index (κ2) is 6.85. The molecule has 0 saturated heterocycles. The molecule has 0 radical (unpaired) electrons. The SMILES string of the molecule is O=C(N/C=C/c1cccc(Cl)c1)Nc1cc(F)ccc1F. The quantitative estimate of drug-likeness (QED) is 0.866. The molecule has 0 saturated carbocycles. The lowest BCUT2D eigenvalue weighted by Gasteiger charge is -2.05. The van der Waals surface area contributed by atoms with Crippen LogP contribution in [0.5, 0.6) is 0 Å². The van der Waals surface area contributed by atoms with E-state index in [1.165, 1.54) is 6.20 Å². The van der Waals surface area contributed by atoms with Crippen LogP contribution in [0.15, 0.2) is 48.7 Å². The Morgan fingerprint density at radius 2 is 1.95 bits per heavy atom. The molecule has 0 fully saturated rings. The van der Waals surface area contributed by atoms with Crippen molar-refractivity contribution in [2.75, 3.05) is 5.32 Å². The first-order valence-corrected chi connectivity index (χ1v) is 6.37. The molecule has 0 atom stereocenters. The van der Waals surface area contributed by atoms with Gasteiger partial charge in [-0.3, -0.25) is 0 Å². The van der Waals surface area contributed by atoms with Crippen LogP contribution in [-0.2, 0) is 0 Å². The van der Waals surface area contributed by atoms with Crippen molar-refractivity contribution in [3.63, 3.8) is 0 Å². The van der Waals surface area contributed by atoms with Gasteiger partial charge in [0.2, 0.25) is 0 Å². The molecular formula is C15H11ClF2N2O. The minimum absolute atomic E-state index is 0.233. The number of carbonyl (C=O) groups is 1. The van der Waals surface area contributed by atoms with Gasteiger partial charge in [0.05, 0.1) is 5.69 Å². The average Bonchev–Trinajstić information content (AvgIpc) is 2.43. The predicted octanol–water partition coefficient (Wildman–Crippen LogP) is 4.41. The maximum absolute atomic E-state index is 13.3. The average molecular weight is 309 g/mol. The summed E-state index contributed by atoms with van der Waals surface area (Å²) in [7, 11) is 0. The summed E-state index contributed by atoms with van der Waals surface area (Å²) in [6, 6.07) is 9.13. The minimum atomic E-state index is -0.717. The molecule has 2 N–H and O–H groups in total. The van der Waals surface area contributed by atoms with Gasteiger partial charge < -0.3 is 10.6 Å². The van der Waals surface area contributed by atoms with E-state index in [0.29, 0.717) is 5.02 Å². The summed E-state index contributed by atoms with van der Waals surface area (Å²) in [5.41, 5.74) is 0.559. The molecule has 0 aliphatic rings. The fourth-order valence-electron chi connectivity index (χ4n) is 1.58. The Labute approximate surface area is 125 Å². The van der Waals surface area contributed by atoms with Crippen molar-refractivity contribution >= 4 is 29.4 Å². The van der Waals surface area contributed by atoms with E-state index in [1.54, 1.807) is 30.3 Å². The fourth-order valence-corrected chi connectivity index (χ4v) is 1.77. The summed E-state index contributed by atoms with van der Waals surface area (Å²) < 4.78 is 26.3. The molecule has 0 aliphatic carbocycles. The van der Waals surface area contributed by atoms with E-state index in [-0.39, 0.29) is 5.69 Å². The number of nitrogens with one attached hydrogen (secondary N) is 2. The van der Waals surface area contributed by atoms with Gasteiger partial charge in [0.25, 0.3) is 0 Å². The maximum atomic E-state index is 13.3. The van der Waals surface area contributed by atoms with Crippen LogP contribution in [0.25, 0.3) is 6.08 Å². The van der Waals surface area contributed by atoms with Crippen molar-refractivity contribution in [2.45, 2.75) is 0 Å². The zero-order valence-electron chi connectivity index (χ0n) is 10.7. The molecule has 0 aliphatic heterocycles. The normalized spacial score (nSPS) is 10.6. The van der Waals surface area contributed by atoms with Crippen LogP contribution in [0.4, 0.5) is 19.3 Å². The smallest absolute Gasteiger partial charge is 0.314 e. The van der Waals surface area contributed by atoms with Crippen LogP contribution in [0.1, 0.15) is 5.56 Å². The van der Waals surface area contributed by atoms with Gasteiger partial charge >= 0.3 is 6.03 Å². The molecule has 2 aromatic rings. The molecule has 21 heavy (non-hydrogen) atoms. The minimum Gasteiger partial charge on any atom is -0.314 e. The molecule has 0 aromatic heterocycles. The molecule has 0 unspecified atom stereocenters. The standard InChI is InChI=1S/C15H11ClF2N2O/c16-11-3-1-2-10(8-11)6-7-19-15(21)20-14-9-12(17)4-5-13(14)18/h1-9H,(H2,19,20,21)/b7-6+. The van der Waals surface area contributed by atoms with Crippen molar-refractivity contribution < 1.29 is 13.6 Å². The molecule has 2 rings (SSSR count). The van der Waals surface area contributed by atoms with Crippen molar-refractivity contribution in [3.8, 4) is 0 Å². The molecule has 6 heteroatoms. The van der Waals surface area contributed by atoms with Crippen LogP contribution in [0.2, 0.25) is 5.02 Å². The number of hydrogen-bond acceptors (Lipinski definition) is 1. The van der Waals surface area contributed by atoms with Crippen molar-refractivity contribution in [1.29, 1.82) is 0 Å². The molecule has 3 nitrogen and oxygen atoms in total. The first-order valence-electron chi connectivity index (χ1n) is 5.99. The number of amides is 2. The molecule has 2 aromatic carbocycles. The van der Waals surface area contributed by atoms with E-state index in [0.717, 1.165) is 23.8 Å². The summed E-state index contributed by atoms with van der Waals surface area (Å²) in [5.74, 6) is -1.36. The van der Waals surface area contributed by atoms with Crippen molar-refractivity contribution in [1.82, 2.24) is 5.32 Å². The largest absolute Gasteiger partial charge is 0.323 e. The number of benzene rings is 2. The van der Waals surface area contributed by atoms with Gasteiger partial charge in [-0.05, 0) is 35.9 Å². The number of rotatable bonds is 3. The lowest BCUT2D eigenvalue weighted by molar-refractivity contribution is 0.255. The summed E-state index contributed by atoms with van der Waals surface area (Å²) in [5, 5.41) is 5.16. The highest BCUT2D eigenvalue weighted by molar-refractivity contribution is 6.30. The number of urea groups is 1. The van der Waals surface area contributed by atoms with Gasteiger partial charge in [-0.1, -0.05) is 23.7 Å². The van der Waals surface area contributed by atoms with E-state index in [2.05, 4.69) is 10.6 Å². The third kappa shape index (κ3) is 4.57. The highest BCUT2D eigenvalue weighted by atomic mass is 35.5. The van der Waals surface area contributed by atoms with Crippen molar-refractivity contribution in [2.24, 2.45) is 0 Å². The summed E-state index contributed by atoms with van der Waals surface area (Å²) >= 11 is 5.82. The number of anilines is 1. The highest BCUT2D eigenvalue weighted by Crippen LogP contribution is 2.15. The van der Waals surface area contributed by atoms with Gasteiger partial charge in [-0.25, -0.2) is 13.6 Å². The molecule has 2 amide bonds. The Kier molecular flexibility index (Phi) is 4.90. The molecule has 0 heterocycles. The van der Waals surface area contributed by atoms with E-state index in [4.69, 9.17) is 11.6 Å². The summed E-state index contributed by atoms with van der Waals surface area (Å²) in [6.07, 6.45) is 2.99. The molecular weight excluding hydrogens is 298 g/mol. The van der Waals surface area contributed by atoms with E-state index in [1.807, 2.05) is 0 Å². The number of carbonyl (C=O) groups excluding carboxylic acids is 1. The number of halogens is 3. The first kappa shape index (κ1) is 15.0. The van der Waals surface area contributed by atoms with Crippen LogP contribution in [0.3, 0.4) is 0 Å². The lowest BCUT2D eigenvalue weighted by Crippen LogP contribution is -2.24. The zero-order chi connectivity index (χ0) is 15.2. The molecule has 0 spiro atoms. The first-order chi connectivity index (χ1) is 10.0. The Bertz CT molecular complexity index is 689. The molecule has 0 bridgehead atoms. The van der Waals surface area contributed by atoms with Gasteiger partial charge in [-0.2, -0.15) is 0 Å². The van der Waals surface area contributed by atoms with Crippen LogP contribution in [0, 0.1) is 11.6 Å². The van der Waals surface area contributed by atoms with Crippen LogP contribution < -0.4 is 10.6 Å². The summed E-state index contributed by atoms with van der Waals surface area (Å²) in [6.45, 7) is 0. The predicted molar refractivity (Wildman–Crippen MR) is 79.0 cm³/mol. The van der Waals surface area contributed by atoms with E-state index >= 15 is 0 Å². The zero-order valence-corrected chi connectivity index (χ0v) is 11.5. The Morgan fingerprint density at radius 3 is 2.71 bits per heavy atom. The Hall–Kier alpha value is -2.40. The third-order valence-electron chi connectivity index (χ3n) is 2.52. The van der Waals surface area contributed by atoms with Gasteiger partial charge in [-0.15, -0.1) is 0 Å². The third-order valence-corrected chi connectivity index (χ3v) is 2.75. The van der Waals surface area contributed by atoms with E-state index < -0.39 is 17.7 Å². The Balaban J connectivity index is 1.94. The lowest BCUT2D eigenvalue weighted by atomic mass is 10.2. The van der Waals surface area contributed by atoms with Gasteiger partial charge in [0.1, 0.15) is 11.6 Å². The summed E-state index contributed by atoms with van der Waals surface area (Å²) in [4.78, 5) is 11.5. The second-order valence-corrected chi connectivity index (χ2v) is 4.55. The monoisotopic (exact) mass is 308 g/mol. The molecule has 108 valence electrons. The topological polar surface area (TPSA) is 41.1 Å². The van der Waals surface area contributed by atoms with Crippen LogP contribution >= 0.6 is 11.6 Å². The Morgan fingerprint density at radius 1 is 1.14 bits per heavy atom. The van der Waals surface area contributed by atoms with Crippen molar-refractivity contribution in [3.05, 3.63) is 70.9 Å². The van der Waals surface area contributed by atoms with Gasteiger partial charge in [0.15, 0.2) is 0 Å².